The fourth-order valence-electron chi connectivity index (χ4n) is 3.66. The largest absolute Gasteiger partial charge is 0.494 e. The Morgan fingerprint density at radius 3 is 2.35 bits per heavy atom. The molecule has 0 bridgehead atoms. The molecule has 3 rings (SSSR count). The average Bonchev–Trinajstić information content (AvgIpc) is 3.28. The van der Waals surface area contributed by atoms with Crippen molar-refractivity contribution in [3.63, 3.8) is 0 Å². The number of amides is 1. The van der Waals surface area contributed by atoms with Crippen LogP contribution in [0.15, 0.2) is 41.3 Å². The number of fused-ring (bicyclic) bond motifs is 1. The summed E-state index contributed by atoms with van der Waals surface area (Å²) in [7, 11) is -1.97. The highest BCUT2D eigenvalue weighted by Gasteiger charge is 2.28. The van der Waals surface area contributed by atoms with Crippen molar-refractivity contribution in [1.29, 1.82) is 0 Å². The minimum Gasteiger partial charge on any atom is -0.494 e. The van der Waals surface area contributed by atoms with Crippen molar-refractivity contribution in [2.75, 3.05) is 43.9 Å². The van der Waals surface area contributed by atoms with Crippen molar-refractivity contribution in [2.45, 2.75) is 32.6 Å². The van der Waals surface area contributed by atoms with Crippen LogP contribution < -0.4 is 9.64 Å². The lowest BCUT2D eigenvalue weighted by molar-refractivity contribution is 0.0980. The Morgan fingerprint density at radius 1 is 1.06 bits per heavy atom. The van der Waals surface area contributed by atoms with Gasteiger partial charge in [-0.1, -0.05) is 50.3 Å². The van der Waals surface area contributed by atoms with E-state index in [1.54, 1.807) is 37.1 Å². The first-order valence-corrected chi connectivity index (χ1v) is 13.5. The van der Waals surface area contributed by atoms with Gasteiger partial charge < -0.3 is 9.64 Å². The van der Waals surface area contributed by atoms with Crippen LogP contribution in [-0.2, 0) is 9.84 Å². The predicted octanol–water partition coefficient (Wildman–Crippen LogP) is 4.82. The molecule has 1 heterocycles. The number of methoxy groups -OCH3 is 1. The zero-order valence-corrected chi connectivity index (χ0v) is 22.6. The van der Waals surface area contributed by atoms with Crippen LogP contribution in [0, 0.1) is 6.92 Å². The summed E-state index contributed by atoms with van der Waals surface area (Å²) in [5, 5.41) is 0.526. The van der Waals surface area contributed by atoms with Crippen LogP contribution in [0.25, 0.3) is 10.2 Å². The zero-order valence-electron chi connectivity index (χ0n) is 20.2. The standard InChI is InChI=1S/C24H31N3O4S2.ClH/c1-6-26(7-2)15-16-27(23(28)18-11-9-10-12-20(18)33(29,30)8-3)24-25-21-19(31-5)14-13-17(4)22(21)32-24;/h9-14H,6-8,15-16H2,1-5H3;1H. The van der Waals surface area contributed by atoms with Gasteiger partial charge in [0.15, 0.2) is 15.0 Å². The number of nitrogens with zero attached hydrogens (tertiary/aromatic N) is 3. The van der Waals surface area contributed by atoms with Crippen molar-refractivity contribution in [1.82, 2.24) is 9.88 Å². The maximum absolute atomic E-state index is 13.8. The van der Waals surface area contributed by atoms with Crippen molar-refractivity contribution in [3.05, 3.63) is 47.5 Å². The Hall–Kier alpha value is -2.20. The number of sulfone groups is 1. The molecular formula is C24H32ClN3O4S2. The number of anilines is 1. The molecule has 0 aliphatic carbocycles. The van der Waals surface area contributed by atoms with Crippen molar-refractivity contribution < 1.29 is 17.9 Å². The van der Waals surface area contributed by atoms with Gasteiger partial charge >= 0.3 is 0 Å². The smallest absolute Gasteiger partial charge is 0.261 e. The molecule has 0 spiro atoms. The monoisotopic (exact) mass is 525 g/mol. The molecule has 0 atom stereocenters. The Balaban J connectivity index is 0.00000408. The molecule has 0 N–H and O–H groups in total. The van der Waals surface area contributed by atoms with Gasteiger partial charge in [0.25, 0.3) is 5.91 Å². The van der Waals surface area contributed by atoms with Gasteiger partial charge in [-0.2, -0.15) is 0 Å². The summed E-state index contributed by atoms with van der Waals surface area (Å²) < 4.78 is 31.8. The molecule has 0 aliphatic rings. The number of thiazole rings is 1. The van der Waals surface area contributed by atoms with Gasteiger partial charge in [0, 0.05) is 13.1 Å². The number of ether oxygens (including phenoxy) is 1. The van der Waals surface area contributed by atoms with E-state index < -0.39 is 9.84 Å². The molecular weight excluding hydrogens is 494 g/mol. The number of hydrogen-bond acceptors (Lipinski definition) is 7. The molecule has 1 aromatic heterocycles. The van der Waals surface area contributed by atoms with Gasteiger partial charge in [0.05, 0.1) is 28.0 Å². The number of hydrogen-bond donors (Lipinski definition) is 0. The molecule has 7 nitrogen and oxygen atoms in total. The molecule has 1 amide bonds. The summed E-state index contributed by atoms with van der Waals surface area (Å²) in [5.74, 6) is 0.197. The second-order valence-electron chi connectivity index (χ2n) is 7.64. The molecule has 10 heteroatoms. The van der Waals surface area contributed by atoms with Gasteiger partial charge in [-0.25, -0.2) is 13.4 Å². The third-order valence-corrected chi connectivity index (χ3v) is 8.75. The summed E-state index contributed by atoms with van der Waals surface area (Å²) in [4.78, 5) is 22.5. The number of carbonyl (C=O) groups is 1. The molecule has 0 saturated carbocycles. The number of likely N-dealkylation sites (N-methyl/N-ethyl adjacent to an activating group) is 1. The summed E-state index contributed by atoms with van der Waals surface area (Å²) in [5.41, 5.74) is 1.91. The molecule has 0 radical (unpaired) electrons. The highest BCUT2D eigenvalue weighted by molar-refractivity contribution is 7.91. The van der Waals surface area contributed by atoms with Crippen molar-refractivity contribution in [2.24, 2.45) is 0 Å². The number of carbonyl (C=O) groups excluding carboxylic acids is 1. The highest BCUT2D eigenvalue weighted by atomic mass is 35.5. The minimum absolute atomic E-state index is 0. The molecule has 186 valence electrons. The number of aryl methyl sites for hydroxylation is 1. The first-order chi connectivity index (χ1) is 15.8. The zero-order chi connectivity index (χ0) is 24.2. The summed E-state index contributed by atoms with van der Waals surface area (Å²) in [6.45, 7) is 10.5. The summed E-state index contributed by atoms with van der Waals surface area (Å²) in [6, 6.07) is 10.2. The average molecular weight is 526 g/mol. The maximum Gasteiger partial charge on any atom is 0.261 e. The number of halogens is 1. The molecule has 0 aliphatic heterocycles. The van der Waals surface area contributed by atoms with Crippen LogP contribution in [0.1, 0.15) is 36.7 Å². The van der Waals surface area contributed by atoms with Gasteiger partial charge in [-0.05, 0) is 43.8 Å². The summed E-state index contributed by atoms with van der Waals surface area (Å²) in [6.07, 6.45) is 0. The normalized spacial score (nSPS) is 11.5. The van der Waals surface area contributed by atoms with E-state index in [2.05, 4.69) is 18.7 Å². The van der Waals surface area contributed by atoms with Gasteiger partial charge in [-0.15, -0.1) is 12.4 Å². The lowest BCUT2D eigenvalue weighted by atomic mass is 10.2. The van der Waals surface area contributed by atoms with Gasteiger partial charge in [0.2, 0.25) is 0 Å². The fraction of sp³-hybridized carbons (Fsp3) is 0.417. The van der Waals surface area contributed by atoms with E-state index in [9.17, 15) is 13.2 Å². The third-order valence-electron chi connectivity index (χ3n) is 5.75. The molecule has 0 fully saturated rings. The number of rotatable bonds is 10. The number of benzene rings is 2. The molecule has 2 aromatic carbocycles. The van der Waals surface area contributed by atoms with Crippen LogP contribution in [0.4, 0.5) is 5.13 Å². The Bertz CT molecular complexity index is 1240. The molecule has 0 unspecified atom stereocenters. The Labute approximate surface area is 212 Å². The van der Waals surface area contributed by atoms with E-state index in [-0.39, 0.29) is 34.5 Å². The SMILES string of the molecule is CCN(CC)CCN(C(=O)c1ccccc1S(=O)(=O)CC)c1nc2c(OC)ccc(C)c2s1.Cl. The highest BCUT2D eigenvalue weighted by Crippen LogP contribution is 2.37. The second kappa shape index (κ2) is 12.0. The van der Waals surface area contributed by atoms with E-state index in [1.165, 1.54) is 17.4 Å². The lowest BCUT2D eigenvalue weighted by Crippen LogP contribution is -2.39. The van der Waals surface area contributed by atoms with E-state index in [0.717, 1.165) is 23.4 Å². The second-order valence-corrected chi connectivity index (χ2v) is 10.9. The minimum atomic E-state index is -3.57. The third kappa shape index (κ3) is 5.71. The molecule has 34 heavy (non-hydrogen) atoms. The lowest BCUT2D eigenvalue weighted by Gasteiger charge is -2.25. The van der Waals surface area contributed by atoms with Crippen LogP contribution in [-0.4, -0.2) is 63.3 Å². The maximum atomic E-state index is 13.8. The topological polar surface area (TPSA) is 79.8 Å². The van der Waals surface area contributed by atoms with Crippen molar-refractivity contribution >= 4 is 54.8 Å². The molecule has 0 saturated heterocycles. The van der Waals surface area contributed by atoms with E-state index in [1.807, 2.05) is 19.1 Å². The van der Waals surface area contributed by atoms with Gasteiger partial charge in [-0.3, -0.25) is 9.69 Å². The number of aromatic nitrogens is 1. The quantitative estimate of drug-likeness (QED) is 0.377. The van der Waals surface area contributed by atoms with Crippen LogP contribution in [0.5, 0.6) is 5.75 Å². The first kappa shape index (κ1) is 28.0. The fourth-order valence-corrected chi connectivity index (χ4v) is 5.82. The van der Waals surface area contributed by atoms with E-state index in [0.29, 0.717) is 29.5 Å². The first-order valence-electron chi connectivity index (χ1n) is 11.1. The Kier molecular flexibility index (Phi) is 9.87. The van der Waals surface area contributed by atoms with Crippen molar-refractivity contribution in [3.8, 4) is 5.75 Å². The Morgan fingerprint density at radius 2 is 1.74 bits per heavy atom. The molecule has 3 aromatic rings. The van der Waals surface area contributed by atoms with Crippen LogP contribution >= 0.6 is 23.7 Å². The van der Waals surface area contributed by atoms with E-state index in [4.69, 9.17) is 9.72 Å². The predicted molar refractivity (Wildman–Crippen MR) is 142 cm³/mol. The van der Waals surface area contributed by atoms with Crippen LogP contribution in [0.2, 0.25) is 0 Å². The summed E-state index contributed by atoms with van der Waals surface area (Å²) >= 11 is 1.42. The van der Waals surface area contributed by atoms with Crippen LogP contribution in [0.3, 0.4) is 0 Å². The van der Waals surface area contributed by atoms with Gasteiger partial charge in [0.1, 0.15) is 11.3 Å². The van der Waals surface area contributed by atoms with E-state index >= 15 is 0 Å².